The van der Waals surface area contributed by atoms with Crippen molar-refractivity contribution in [2.75, 3.05) is 53.4 Å². The van der Waals surface area contributed by atoms with Crippen LogP contribution in [0.4, 0.5) is 0 Å². The maximum Gasteiger partial charge on any atom is 0.245 e. The van der Waals surface area contributed by atoms with Crippen LogP contribution in [0.1, 0.15) is 258 Å². The predicted molar refractivity (Wildman–Crippen MR) is 250 cm³/mol. The number of carbonyl (C=O) groups is 2. The van der Waals surface area contributed by atoms with Crippen molar-refractivity contribution in [1.82, 2.24) is 20.0 Å². The Balaban J connectivity index is 2.64. The normalized spacial score (nSPS) is 13.7. The standard InChI is InChI=1S/C51H102N4O2/c1-6-9-12-15-18-21-24-25-26-29-32-35-43-52-50(57)51(41-38-42-51)55(47-39-44-53(4)5)49(56)40-48-54(45-36-33-30-27-22-19-16-13-10-7-2)46-37-34-31-28-23-20-17-14-11-8-3/h6-48H2,1-5H3,(H,52,57). The van der Waals surface area contributed by atoms with E-state index in [1.807, 2.05) is 0 Å². The molecule has 6 nitrogen and oxygen atoms in total. The van der Waals surface area contributed by atoms with E-state index in [4.69, 9.17) is 0 Å². The number of nitrogens with one attached hydrogen (secondary N) is 1. The zero-order valence-corrected chi connectivity index (χ0v) is 39.6. The summed E-state index contributed by atoms with van der Waals surface area (Å²) in [6, 6.07) is 0. The van der Waals surface area contributed by atoms with E-state index in [9.17, 15) is 9.59 Å². The first-order valence-electron chi connectivity index (χ1n) is 25.9. The van der Waals surface area contributed by atoms with Gasteiger partial charge in [-0.1, -0.05) is 207 Å². The van der Waals surface area contributed by atoms with Crippen LogP contribution in [0.2, 0.25) is 0 Å². The van der Waals surface area contributed by atoms with Gasteiger partial charge in [-0.15, -0.1) is 0 Å². The molecule has 2 amide bonds. The van der Waals surface area contributed by atoms with Gasteiger partial charge >= 0.3 is 0 Å². The smallest absolute Gasteiger partial charge is 0.245 e. The summed E-state index contributed by atoms with van der Waals surface area (Å²) in [7, 11) is 4.21. The Morgan fingerprint density at radius 3 is 1.16 bits per heavy atom. The van der Waals surface area contributed by atoms with Crippen molar-refractivity contribution in [3.63, 3.8) is 0 Å². The third kappa shape index (κ3) is 28.9. The van der Waals surface area contributed by atoms with Gasteiger partial charge in [0.05, 0.1) is 0 Å². The molecule has 1 rings (SSSR count). The van der Waals surface area contributed by atoms with Crippen LogP contribution in [0.5, 0.6) is 0 Å². The molecule has 1 saturated carbocycles. The molecule has 0 bridgehead atoms. The Morgan fingerprint density at radius 2 is 0.807 bits per heavy atom. The van der Waals surface area contributed by atoms with E-state index in [-0.39, 0.29) is 11.8 Å². The highest BCUT2D eigenvalue weighted by molar-refractivity contribution is 5.92. The van der Waals surface area contributed by atoms with E-state index < -0.39 is 5.54 Å². The quantitative estimate of drug-likeness (QED) is 0.0624. The van der Waals surface area contributed by atoms with Gasteiger partial charge < -0.3 is 20.0 Å². The fraction of sp³-hybridized carbons (Fsp3) is 0.961. The van der Waals surface area contributed by atoms with Crippen molar-refractivity contribution in [3.05, 3.63) is 0 Å². The Bertz CT molecular complexity index is 866. The van der Waals surface area contributed by atoms with Crippen molar-refractivity contribution in [3.8, 4) is 0 Å². The number of hydrogen-bond acceptors (Lipinski definition) is 4. The first kappa shape index (κ1) is 53.9. The molecule has 57 heavy (non-hydrogen) atoms. The van der Waals surface area contributed by atoms with Gasteiger partial charge in [0.1, 0.15) is 5.54 Å². The van der Waals surface area contributed by atoms with Gasteiger partial charge in [0.25, 0.3) is 0 Å². The maximum absolute atomic E-state index is 14.2. The van der Waals surface area contributed by atoms with Crippen LogP contribution in [0.15, 0.2) is 0 Å². The maximum atomic E-state index is 14.2. The molecule has 0 unspecified atom stereocenters. The minimum Gasteiger partial charge on any atom is -0.354 e. The summed E-state index contributed by atoms with van der Waals surface area (Å²) in [6.45, 7) is 12.3. The fourth-order valence-electron chi connectivity index (χ4n) is 8.96. The second-order valence-corrected chi connectivity index (χ2v) is 18.7. The summed E-state index contributed by atoms with van der Waals surface area (Å²) in [5.41, 5.74) is -0.640. The molecule has 338 valence electrons. The minimum atomic E-state index is -0.640. The van der Waals surface area contributed by atoms with Crippen LogP contribution in [-0.2, 0) is 9.59 Å². The lowest BCUT2D eigenvalue weighted by Gasteiger charge is -2.49. The number of rotatable bonds is 44. The summed E-state index contributed by atoms with van der Waals surface area (Å²) >= 11 is 0. The lowest BCUT2D eigenvalue weighted by Crippen LogP contribution is -2.65. The SMILES string of the molecule is CCCCCCCCCCCCCCNC(=O)C1(N(CCCN(C)C)C(=O)CCN(CCCCCCCCCCCC)CCCCCCCCCCCC)CCC1. The van der Waals surface area contributed by atoms with E-state index >= 15 is 0 Å². The molecule has 0 aromatic carbocycles. The topological polar surface area (TPSA) is 55.9 Å². The summed E-state index contributed by atoms with van der Waals surface area (Å²) in [5.74, 6) is 0.313. The molecule has 0 heterocycles. The molecule has 1 N–H and O–H groups in total. The van der Waals surface area contributed by atoms with Gasteiger partial charge in [-0.3, -0.25) is 9.59 Å². The molecule has 6 heteroatoms. The number of unbranched alkanes of at least 4 members (excludes halogenated alkanes) is 29. The summed E-state index contributed by atoms with van der Waals surface area (Å²) < 4.78 is 0. The van der Waals surface area contributed by atoms with Crippen LogP contribution in [0, 0.1) is 0 Å². The predicted octanol–water partition coefficient (Wildman–Crippen LogP) is 14.0. The number of carbonyl (C=O) groups excluding carboxylic acids is 2. The second kappa shape index (κ2) is 39.0. The molecule has 0 spiro atoms. The largest absolute Gasteiger partial charge is 0.354 e. The van der Waals surface area contributed by atoms with Crippen molar-refractivity contribution in [2.45, 2.75) is 264 Å². The van der Waals surface area contributed by atoms with Gasteiger partial charge in [-0.05, 0) is 78.7 Å². The number of nitrogens with zero attached hydrogens (tertiary/aromatic N) is 3. The van der Waals surface area contributed by atoms with Crippen molar-refractivity contribution < 1.29 is 9.59 Å². The molecule has 1 aliphatic rings. The first-order chi connectivity index (χ1) is 27.9. The molecule has 0 aliphatic heterocycles. The average molecular weight is 803 g/mol. The lowest BCUT2D eigenvalue weighted by molar-refractivity contribution is -0.154. The summed E-state index contributed by atoms with van der Waals surface area (Å²) in [4.78, 5) is 35.0. The fourth-order valence-corrected chi connectivity index (χ4v) is 8.96. The Morgan fingerprint density at radius 1 is 0.439 bits per heavy atom. The summed E-state index contributed by atoms with van der Waals surface area (Å²) in [5, 5.41) is 3.33. The zero-order valence-electron chi connectivity index (χ0n) is 39.6. The van der Waals surface area contributed by atoms with Crippen LogP contribution in [0.3, 0.4) is 0 Å². The van der Waals surface area contributed by atoms with Gasteiger partial charge in [0.15, 0.2) is 0 Å². The molecule has 0 atom stereocenters. The average Bonchev–Trinajstić information content (AvgIpc) is 3.18. The van der Waals surface area contributed by atoms with Crippen molar-refractivity contribution in [1.29, 1.82) is 0 Å². The van der Waals surface area contributed by atoms with Crippen LogP contribution in [0.25, 0.3) is 0 Å². The molecule has 1 aliphatic carbocycles. The van der Waals surface area contributed by atoms with Crippen LogP contribution >= 0.6 is 0 Å². The van der Waals surface area contributed by atoms with Gasteiger partial charge in [0.2, 0.25) is 11.8 Å². The highest BCUT2D eigenvalue weighted by Gasteiger charge is 2.50. The number of hydrogen-bond donors (Lipinski definition) is 1. The van der Waals surface area contributed by atoms with Gasteiger partial charge in [-0.2, -0.15) is 0 Å². The third-order valence-corrected chi connectivity index (χ3v) is 13.0. The lowest BCUT2D eigenvalue weighted by atomic mass is 9.74. The Hall–Kier alpha value is -1.14. The first-order valence-corrected chi connectivity index (χ1v) is 25.9. The van der Waals surface area contributed by atoms with Gasteiger partial charge in [0, 0.05) is 26.1 Å². The van der Waals surface area contributed by atoms with E-state index in [0.717, 1.165) is 64.8 Å². The zero-order chi connectivity index (χ0) is 41.5. The molecular weight excluding hydrogens is 701 g/mol. The Labute approximate surface area is 357 Å². The molecule has 0 aromatic rings. The molecular formula is C51H102N4O2. The van der Waals surface area contributed by atoms with Crippen LogP contribution in [-0.4, -0.2) is 85.4 Å². The molecule has 0 aromatic heterocycles. The van der Waals surface area contributed by atoms with E-state index in [1.165, 1.54) is 199 Å². The highest BCUT2D eigenvalue weighted by Crippen LogP contribution is 2.39. The van der Waals surface area contributed by atoms with E-state index in [1.54, 1.807) is 0 Å². The van der Waals surface area contributed by atoms with Crippen molar-refractivity contribution in [2.24, 2.45) is 0 Å². The molecule has 0 radical (unpaired) electrons. The van der Waals surface area contributed by atoms with Gasteiger partial charge in [-0.25, -0.2) is 0 Å². The molecule has 1 fully saturated rings. The third-order valence-electron chi connectivity index (χ3n) is 13.0. The van der Waals surface area contributed by atoms with E-state index in [0.29, 0.717) is 13.0 Å². The molecule has 0 saturated heterocycles. The summed E-state index contributed by atoms with van der Waals surface area (Å²) in [6.07, 6.45) is 47.1. The second-order valence-electron chi connectivity index (χ2n) is 18.7. The monoisotopic (exact) mass is 803 g/mol. The number of amides is 2. The van der Waals surface area contributed by atoms with Crippen molar-refractivity contribution >= 4 is 11.8 Å². The Kier molecular flexibility index (Phi) is 36.9. The van der Waals surface area contributed by atoms with E-state index in [2.05, 4.69) is 54.9 Å². The highest BCUT2D eigenvalue weighted by atomic mass is 16.2. The minimum absolute atomic E-state index is 0.114. The van der Waals surface area contributed by atoms with Crippen LogP contribution < -0.4 is 5.32 Å².